The van der Waals surface area contributed by atoms with Crippen LogP contribution < -0.4 is 5.01 Å². The molecule has 7 nitrogen and oxygen atoms in total. The highest BCUT2D eigenvalue weighted by Crippen LogP contribution is 2.20. The Bertz CT molecular complexity index is 810. The van der Waals surface area contributed by atoms with Crippen molar-refractivity contribution in [3.8, 4) is 17.2 Å². The van der Waals surface area contributed by atoms with Crippen LogP contribution in [0.3, 0.4) is 0 Å². The largest absolute Gasteiger partial charge is 0.265 e. The fourth-order valence-electron chi connectivity index (χ4n) is 2.29. The molecule has 0 saturated carbocycles. The van der Waals surface area contributed by atoms with E-state index < -0.39 is 0 Å². The average molecular weight is 291 g/mol. The Kier molecular flexibility index (Phi) is 3.08. The molecule has 22 heavy (non-hydrogen) atoms. The Morgan fingerprint density at radius 2 is 1.95 bits per heavy atom. The lowest BCUT2D eigenvalue weighted by Crippen LogP contribution is -2.12. The van der Waals surface area contributed by atoms with Gasteiger partial charge in [-0.3, -0.25) is 9.99 Å². The third kappa shape index (κ3) is 2.32. The van der Waals surface area contributed by atoms with Gasteiger partial charge in [0.15, 0.2) is 0 Å². The van der Waals surface area contributed by atoms with Gasteiger partial charge < -0.3 is 0 Å². The highest BCUT2D eigenvalue weighted by molar-refractivity contribution is 5.66. The molecule has 0 fully saturated rings. The average Bonchev–Trinajstić information content (AvgIpc) is 3.28. The van der Waals surface area contributed by atoms with Gasteiger partial charge in [-0.1, -0.05) is 12.1 Å². The van der Waals surface area contributed by atoms with Crippen LogP contribution >= 0.6 is 0 Å². The lowest BCUT2D eigenvalue weighted by molar-refractivity contribution is 0.719. The van der Waals surface area contributed by atoms with Crippen LogP contribution in [0.15, 0.2) is 53.8 Å². The SMILES string of the molecule is C1=NN(c2cccc(-n3nnc(-c4ccccn4)n3)c2)CC1. The molecule has 0 radical (unpaired) electrons. The molecule has 2 aromatic heterocycles. The van der Waals surface area contributed by atoms with Crippen molar-refractivity contribution in [2.45, 2.75) is 6.42 Å². The third-order valence-electron chi connectivity index (χ3n) is 3.36. The summed E-state index contributed by atoms with van der Waals surface area (Å²) in [4.78, 5) is 5.74. The molecule has 0 amide bonds. The van der Waals surface area contributed by atoms with E-state index in [1.54, 1.807) is 6.20 Å². The van der Waals surface area contributed by atoms with E-state index >= 15 is 0 Å². The molecular weight excluding hydrogens is 278 g/mol. The van der Waals surface area contributed by atoms with E-state index in [0.29, 0.717) is 11.5 Å². The molecule has 0 N–H and O–H groups in total. The van der Waals surface area contributed by atoms with Gasteiger partial charge in [0.25, 0.3) is 0 Å². The van der Waals surface area contributed by atoms with E-state index in [0.717, 1.165) is 24.3 Å². The second kappa shape index (κ2) is 5.36. The standard InChI is InChI=1S/C15H13N7/c1-2-8-16-14(7-1)15-18-20-22(19-15)13-6-3-5-12(11-13)21-10-4-9-17-21/h1-3,5-9,11H,4,10H2. The highest BCUT2D eigenvalue weighted by atomic mass is 15.6. The Morgan fingerprint density at radius 1 is 1.00 bits per heavy atom. The van der Waals surface area contributed by atoms with E-state index in [-0.39, 0.29) is 0 Å². The minimum absolute atomic E-state index is 0.505. The molecule has 0 aliphatic carbocycles. The molecule has 0 unspecified atom stereocenters. The number of pyridine rings is 1. The predicted octanol–water partition coefficient (Wildman–Crippen LogP) is 1.92. The molecule has 1 aromatic carbocycles. The summed E-state index contributed by atoms with van der Waals surface area (Å²) < 4.78 is 0. The smallest absolute Gasteiger partial charge is 0.223 e. The van der Waals surface area contributed by atoms with Crippen LogP contribution in [0.1, 0.15) is 6.42 Å². The molecule has 0 bridgehead atoms. The fraction of sp³-hybridized carbons (Fsp3) is 0.133. The quantitative estimate of drug-likeness (QED) is 0.737. The Labute approximate surface area is 126 Å². The summed E-state index contributed by atoms with van der Waals surface area (Å²) in [6.45, 7) is 0.896. The minimum atomic E-state index is 0.505. The number of anilines is 1. The van der Waals surface area contributed by atoms with Crippen LogP contribution in [-0.4, -0.2) is 38.0 Å². The van der Waals surface area contributed by atoms with Crippen LogP contribution in [-0.2, 0) is 0 Å². The second-order valence-electron chi connectivity index (χ2n) is 4.85. The third-order valence-corrected chi connectivity index (χ3v) is 3.36. The first-order valence-corrected chi connectivity index (χ1v) is 7.02. The van der Waals surface area contributed by atoms with E-state index in [1.807, 2.05) is 53.7 Å². The first-order chi connectivity index (χ1) is 10.9. The van der Waals surface area contributed by atoms with Crippen LogP contribution in [0.4, 0.5) is 5.69 Å². The van der Waals surface area contributed by atoms with Gasteiger partial charge in [0, 0.05) is 25.4 Å². The molecule has 108 valence electrons. The van der Waals surface area contributed by atoms with E-state index in [2.05, 4.69) is 25.5 Å². The Morgan fingerprint density at radius 3 is 2.77 bits per heavy atom. The van der Waals surface area contributed by atoms with Gasteiger partial charge in [-0.05, 0) is 35.5 Å². The van der Waals surface area contributed by atoms with Gasteiger partial charge in [-0.2, -0.15) is 5.10 Å². The zero-order valence-corrected chi connectivity index (χ0v) is 11.7. The molecular formula is C15H13N7. The highest BCUT2D eigenvalue weighted by Gasteiger charge is 2.12. The van der Waals surface area contributed by atoms with E-state index in [9.17, 15) is 0 Å². The Hall–Kier alpha value is -3.09. The van der Waals surface area contributed by atoms with Crippen molar-refractivity contribution >= 4 is 11.9 Å². The molecule has 0 saturated heterocycles. The van der Waals surface area contributed by atoms with Crippen molar-refractivity contribution < 1.29 is 0 Å². The topological polar surface area (TPSA) is 72.1 Å². The van der Waals surface area contributed by atoms with Crippen molar-refractivity contribution in [1.29, 1.82) is 0 Å². The van der Waals surface area contributed by atoms with E-state index in [4.69, 9.17) is 0 Å². The number of rotatable bonds is 3. The molecule has 1 aliphatic heterocycles. The van der Waals surface area contributed by atoms with Crippen LogP contribution in [0, 0.1) is 0 Å². The maximum atomic E-state index is 4.39. The van der Waals surface area contributed by atoms with Crippen molar-refractivity contribution in [1.82, 2.24) is 25.2 Å². The number of hydrogen-bond acceptors (Lipinski definition) is 6. The maximum Gasteiger partial charge on any atom is 0.223 e. The number of nitrogens with zero attached hydrogens (tertiary/aromatic N) is 7. The summed E-state index contributed by atoms with van der Waals surface area (Å²) in [5.41, 5.74) is 2.56. The monoisotopic (exact) mass is 291 g/mol. The fourth-order valence-corrected chi connectivity index (χ4v) is 2.29. The molecule has 3 aromatic rings. The summed E-state index contributed by atoms with van der Waals surface area (Å²) in [7, 11) is 0. The predicted molar refractivity (Wildman–Crippen MR) is 82.8 cm³/mol. The Balaban J connectivity index is 1.66. The van der Waals surface area contributed by atoms with Crippen LogP contribution in [0.2, 0.25) is 0 Å². The number of hydrogen-bond donors (Lipinski definition) is 0. The number of aromatic nitrogens is 5. The summed E-state index contributed by atoms with van der Waals surface area (Å²) in [6, 6.07) is 13.5. The number of benzene rings is 1. The van der Waals surface area contributed by atoms with Gasteiger partial charge in [0.2, 0.25) is 5.82 Å². The first-order valence-electron chi connectivity index (χ1n) is 7.02. The molecule has 7 heteroatoms. The molecule has 4 rings (SSSR count). The summed E-state index contributed by atoms with van der Waals surface area (Å²) in [5.74, 6) is 0.505. The summed E-state index contributed by atoms with van der Waals surface area (Å²) >= 11 is 0. The van der Waals surface area contributed by atoms with Crippen molar-refractivity contribution in [3.05, 3.63) is 48.7 Å². The number of hydrazone groups is 1. The summed E-state index contributed by atoms with van der Waals surface area (Å²) in [6.07, 6.45) is 4.59. The van der Waals surface area contributed by atoms with E-state index in [1.165, 1.54) is 4.80 Å². The number of tetrazole rings is 1. The lowest BCUT2D eigenvalue weighted by atomic mass is 10.2. The van der Waals surface area contributed by atoms with Crippen LogP contribution in [0.25, 0.3) is 17.2 Å². The molecule has 3 heterocycles. The van der Waals surface area contributed by atoms with Crippen molar-refractivity contribution in [2.24, 2.45) is 5.10 Å². The zero-order valence-electron chi connectivity index (χ0n) is 11.7. The normalized spacial score (nSPS) is 13.7. The first kappa shape index (κ1) is 12.6. The van der Waals surface area contributed by atoms with Gasteiger partial charge in [-0.15, -0.1) is 15.0 Å². The van der Waals surface area contributed by atoms with Gasteiger partial charge >= 0.3 is 0 Å². The van der Waals surface area contributed by atoms with Gasteiger partial charge in [-0.25, -0.2) is 0 Å². The minimum Gasteiger partial charge on any atom is -0.265 e. The van der Waals surface area contributed by atoms with Crippen molar-refractivity contribution in [2.75, 3.05) is 11.6 Å². The summed E-state index contributed by atoms with van der Waals surface area (Å²) in [5, 5.41) is 18.9. The van der Waals surface area contributed by atoms with Crippen LogP contribution in [0.5, 0.6) is 0 Å². The zero-order chi connectivity index (χ0) is 14.8. The molecule has 0 spiro atoms. The molecule has 0 atom stereocenters. The lowest BCUT2D eigenvalue weighted by Gasteiger charge is -2.14. The second-order valence-corrected chi connectivity index (χ2v) is 4.85. The molecule has 1 aliphatic rings. The van der Waals surface area contributed by atoms with Gasteiger partial charge in [0.1, 0.15) is 5.69 Å². The maximum absolute atomic E-state index is 4.39. The van der Waals surface area contributed by atoms with Crippen molar-refractivity contribution in [3.63, 3.8) is 0 Å². The van der Waals surface area contributed by atoms with Gasteiger partial charge in [0.05, 0.1) is 11.4 Å².